The van der Waals surface area contributed by atoms with Crippen molar-refractivity contribution in [1.82, 2.24) is 0 Å². The van der Waals surface area contributed by atoms with Gasteiger partial charge in [-0.05, 0) is 68.8 Å². The predicted molar refractivity (Wildman–Crippen MR) is 109 cm³/mol. The molecule has 1 aliphatic heterocycles. The molecule has 6 heteroatoms. The van der Waals surface area contributed by atoms with E-state index in [0.29, 0.717) is 45.1 Å². The molecule has 0 aromatic carbocycles. The van der Waals surface area contributed by atoms with Gasteiger partial charge in [-0.3, -0.25) is 0 Å². The quantitative estimate of drug-likeness (QED) is 0.510. The van der Waals surface area contributed by atoms with Gasteiger partial charge >= 0.3 is 5.97 Å². The summed E-state index contributed by atoms with van der Waals surface area (Å²) in [4.78, 5) is 11.7. The summed E-state index contributed by atoms with van der Waals surface area (Å²) in [6.07, 6.45) is 6.85. The van der Waals surface area contributed by atoms with Gasteiger partial charge in [-0.25, -0.2) is 4.79 Å². The lowest BCUT2D eigenvalue weighted by Crippen LogP contribution is -2.73. The lowest BCUT2D eigenvalue weighted by atomic mass is 9.36. The van der Waals surface area contributed by atoms with Crippen molar-refractivity contribution in [2.24, 2.45) is 28.1 Å². The van der Waals surface area contributed by atoms with Crippen LogP contribution in [0.2, 0.25) is 0 Å². The molecule has 0 bridgehead atoms. The molecule has 1 heterocycles. The van der Waals surface area contributed by atoms with Crippen molar-refractivity contribution in [2.45, 2.75) is 88.9 Å². The van der Waals surface area contributed by atoms with Crippen molar-refractivity contribution in [3.63, 3.8) is 0 Å². The van der Waals surface area contributed by atoms with Crippen molar-refractivity contribution in [3.05, 3.63) is 11.6 Å². The topological polar surface area (TPSA) is 107 Å². The monoisotopic (exact) mass is 420 g/mol. The second-order valence-corrected chi connectivity index (χ2v) is 11.4. The fraction of sp³-hybridized carbons (Fsp3) is 0.875. The van der Waals surface area contributed by atoms with Gasteiger partial charge in [0.15, 0.2) is 0 Å². The molecule has 168 valence electrons. The van der Waals surface area contributed by atoms with Gasteiger partial charge in [-0.15, -0.1) is 0 Å². The number of hydrogen-bond acceptors (Lipinski definition) is 6. The summed E-state index contributed by atoms with van der Waals surface area (Å²) in [5, 5.41) is 44.9. The average molecular weight is 421 g/mol. The van der Waals surface area contributed by atoms with E-state index in [1.54, 1.807) is 6.08 Å². The summed E-state index contributed by atoms with van der Waals surface area (Å²) in [5.41, 5.74) is -2.49. The number of hydrogen-bond donors (Lipinski definition) is 4. The molecule has 6 nitrogen and oxygen atoms in total. The number of carbonyl (C=O) groups excluding carboxylic acids is 1. The highest BCUT2D eigenvalue weighted by Crippen LogP contribution is 2.75. The molecular weight excluding hydrogens is 384 g/mol. The van der Waals surface area contributed by atoms with Gasteiger partial charge in [-0.2, -0.15) is 0 Å². The number of rotatable bonds is 2. The van der Waals surface area contributed by atoms with E-state index < -0.39 is 28.1 Å². The fourth-order valence-electron chi connectivity index (χ4n) is 9.07. The number of ether oxygens (including phenoxy) is 1. The third-order valence-corrected chi connectivity index (χ3v) is 10.7. The Morgan fingerprint density at radius 3 is 2.47 bits per heavy atom. The zero-order valence-corrected chi connectivity index (χ0v) is 18.2. The van der Waals surface area contributed by atoms with Crippen molar-refractivity contribution in [1.29, 1.82) is 0 Å². The maximum absolute atomic E-state index is 12.4. The van der Waals surface area contributed by atoms with Crippen molar-refractivity contribution in [2.75, 3.05) is 13.2 Å². The van der Waals surface area contributed by atoms with E-state index in [4.69, 9.17) is 4.74 Å². The third-order valence-electron chi connectivity index (χ3n) is 10.7. The molecule has 0 spiro atoms. The summed E-state index contributed by atoms with van der Waals surface area (Å²) in [6, 6.07) is 0. The molecule has 0 unspecified atom stereocenters. The third kappa shape index (κ3) is 2.26. The lowest BCUT2D eigenvalue weighted by molar-refractivity contribution is -0.303. The van der Waals surface area contributed by atoms with Crippen molar-refractivity contribution in [3.8, 4) is 0 Å². The minimum absolute atomic E-state index is 0.00601. The Bertz CT molecular complexity index is 795. The smallest absolute Gasteiger partial charge is 0.331 e. The average Bonchev–Trinajstić information content (AvgIpc) is 3.23. The van der Waals surface area contributed by atoms with E-state index in [1.165, 1.54) is 0 Å². The van der Waals surface area contributed by atoms with Gasteiger partial charge in [0.2, 0.25) is 0 Å². The van der Waals surface area contributed by atoms with Crippen LogP contribution < -0.4 is 0 Å². The van der Waals surface area contributed by atoms with E-state index >= 15 is 0 Å². The summed E-state index contributed by atoms with van der Waals surface area (Å²) in [5.74, 6) is -0.175. The van der Waals surface area contributed by atoms with E-state index in [0.717, 1.165) is 24.8 Å². The molecule has 5 rings (SSSR count). The molecule has 4 N–H and O–H groups in total. The number of aliphatic hydroxyl groups is 4. The Morgan fingerprint density at radius 2 is 1.80 bits per heavy atom. The SMILES string of the molecule is C[C@@]12CC[C@H]3[C@@]4(CO)CC[C@@H](O)C[C@@]4(O)CC[C@@]3(C)[C@]1(O)CC[C@@H]2C1=CC(=O)OC1. The van der Waals surface area contributed by atoms with Crippen LogP contribution in [0, 0.1) is 28.1 Å². The highest BCUT2D eigenvalue weighted by Gasteiger charge is 2.75. The zero-order valence-electron chi connectivity index (χ0n) is 18.2. The first kappa shape index (κ1) is 20.9. The first-order valence-electron chi connectivity index (χ1n) is 11.7. The Morgan fingerprint density at radius 1 is 1.03 bits per heavy atom. The first-order chi connectivity index (χ1) is 14.1. The second kappa shape index (κ2) is 6.31. The highest BCUT2D eigenvalue weighted by atomic mass is 16.5. The Kier molecular flexibility index (Phi) is 4.40. The number of fused-ring (bicyclic) bond motifs is 5. The number of carbonyl (C=O) groups is 1. The molecule has 0 aromatic rings. The van der Waals surface area contributed by atoms with Gasteiger partial charge < -0.3 is 25.2 Å². The van der Waals surface area contributed by atoms with Crippen molar-refractivity contribution >= 4 is 5.97 Å². The van der Waals surface area contributed by atoms with E-state index in [2.05, 4.69) is 13.8 Å². The molecule has 0 saturated heterocycles. The minimum atomic E-state index is -1.08. The summed E-state index contributed by atoms with van der Waals surface area (Å²) < 4.78 is 5.19. The molecule has 30 heavy (non-hydrogen) atoms. The number of aliphatic hydroxyl groups excluding tert-OH is 2. The molecular formula is C24H36O6. The van der Waals surface area contributed by atoms with Crippen LogP contribution in [0.3, 0.4) is 0 Å². The predicted octanol–water partition coefficient (Wildman–Crippen LogP) is 2.08. The van der Waals surface area contributed by atoms with Gasteiger partial charge in [0, 0.05) is 28.7 Å². The maximum Gasteiger partial charge on any atom is 0.331 e. The maximum atomic E-state index is 12.4. The van der Waals surface area contributed by atoms with Crippen LogP contribution in [0.25, 0.3) is 0 Å². The largest absolute Gasteiger partial charge is 0.458 e. The highest BCUT2D eigenvalue weighted by molar-refractivity contribution is 5.85. The van der Waals surface area contributed by atoms with Gasteiger partial charge in [0.1, 0.15) is 6.61 Å². The van der Waals surface area contributed by atoms with E-state index in [9.17, 15) is 25.2 Å². The Balaban J connectivity index is 1.56. The Hall–Kier alpha value is -0.950. The zero-order chi connectivity index (χ0) is 21.6. The molecule has 0 radical (unpaired) electrons. The van der Waals surface area contributed by atoms with Gasteiger partial charge in [-0.1, -0.05) is 13.8 Å². The standard InChI is InChI=1S/C24H36O6/c1-20-6-5-18-21(2,9-10-23(28)12-16(26)3-7-22(18,23)14-25)24(20,29)8-4-17(20)15-11-19(27)30-13-15/h11,16-18,25-26,28-29H,3-10,12-14H2,1-2H3/t16-,17-,18-,20+,21-,22+,23+,24+/m1/s1. The van der Waals surface area contributed by atoms with E-state index in [1.807, 2.05) is 0 Å². The molecule has 8 atom stereocenters. The summed E-state index contributed by atoms with van der Waals surface area (Å²) in [6.45, 7) is 4.56. The second-order valence-electron chi connectivity index (χ2n) is 11.4. The number of esters is 1. The molecule has 4 saturated carbocycles. The Labute approximate surface area is 178 Å². The molecule has 0 amide bonds. The number of cyclic esters (lactones) is 1. The lowest BCUT2D eigenvalue weighted by Gasteiger charge is -2.70. The molecule has 4 aliphatic carbocycles. The van der Waals surface area contributed by atoms with Crippen LogP contribution in [0.15, 0.2) is 11.6 Å². The van der Waals surface area contributed by atoms with Crippen LogP contribution in [0.1, 0.15) is 71.6 Å². The van der Waals surface area contributed by atoms with Crippen LogP contribution in [0.4, 0.5) is 0 Å². The molecule has 4 fully saturated rings. The summed E-state index contributed by atoms with van der Waals surface area (Å²) >= 11 is 0. The normalized spacial score (nSPS) is 55.3. The fourth-order valence-corrected chi connectivity index (χ4v) is 9.07. The van der Waals surface area contributed by atoms with Crippen LogP contribution in [-0.2, 0) is 9.53 Å². The van der Waals surface area contributed by atoms with Gasteiger partial charge in [0.05, 0.1) is 23.9 Å². The molecule has 5 aliphatic rings. The molecule has 0 aromatic heterocycles. The first-order valence-corrected chi connectivity index (χ1v) is 11.7. The van der Waals surface area contributed by atoms with Crippen molar-refractivity contribution < 1.29 is 30.0 Å². The van der Waals surface area contributed by atoms with E-state index in [-0.39, 0.29) is 29.8 Å². The summed E-state index contributed by atoms with van der Waals surface area (Å²) in [7, 11) is 0. The minimum Gasteiger partial charge on any atom is -0.458 e. The van der Waals surface area contributed by atoms with Gasteiger partial charge in [0.25, 0.3) is 0 Å². The van der Waals surface area contributed by atoms with Crippen LogP contribution in [-0.4, -0.2) is 56.9 Å². The van der Waals surface area contributed by atoms with Crippen LogP contribution >= 0.6 is 0 Å². The van der Waals surface area contributed by atoms with Crippen LogP contribution in [0.5, 0.6) is 0 Å².